The third-order valence-corrected chi connectivity index (χ3v) is 18.8. The van der Waals surface area contributed by atoms with Crippen LogP contribution in [0.25, 0.3) is 22.3 Å². The van der Waals surface area contributed by atoms with E-state index in [-0.39, 0.29) is 15.1 Å². The molecule has 0 radical (unpaired) electrons. The van der Waals surface area contributed by atoms with E-state index in [0.29, 0.717) is 58.3 Å². The highest BCUT2D eigenvalue weighted by molar-refractivity contribution is 8.05. The number of fused-ring (bicyclic) bond motifs is 6. The Morgan fingerprint density at radius 3 is 1.25 bits per heavy atom. The summed E-state index contributed by atoms with van der Waals surface area (Å²) in [5.74, 6) is 5.24. The monoisotopic (exact) mass is 832 g/mol. The summed E-state index contributed by atoms with van der Waals surface area (Å²) in [6.07, 6.45) is 7.48. The molecule has 0 saturated heterocycles. The van der Waals surface area contributed by atoms with Crippen LogP contribution >= 0.6 is 14.7 Å². The van der Waals surface area contributed by atoms with E-state index in [1.54, 1.807) is 0 Å². The predicted octanol–water partition coefficient (Wildman–Crippen LogP) is 9.28. The second-order valence-corrected chi connectivity index (χ2v) is 22.1. The van der Waals surface area contributed by atoms with Crippen molar-refractivity contribution in [3.63, 3.8) is 0 Å². The molecule has 2 heterocycles. The maximum Gasteiger partial charge on any atom is 0.391 e. The number of para-hydroxylation sites is 2. The van der Waals surface area contributed by atoms with Gasteiger partial charge in [-0.2, -0.15) is 8.42 Å². The molecule has 10 atom stereocenters. The summed E-state index contributed by atoms with van der Waals surface area (Å²) in [7, 11) is -4.33. The zero-order valence-electron chi connectivity index (χ0n) is 32.3. The van der Waals surface area contributed by atoms with Gasteiger partial charge in [0.2, 0.25) is 0 Å². The molecule has 0 N–H and O–H groups in total. The molecule has 4 aromatic rings. The van der Waals surface area contributed by atoms with Gasteiger partial charge in [-0.15, -0.1) is 7.94 Å². The molecule has 12 heteroatoms. The van der Waals surface area contributed by atoms with Crippen molar-refractivity contribution in [3.8, 4) is 33.8 Å². The fraction of sp³-hybridized carbons (Fsp3) is 0.455. The van der Waals surface area contributed by atoms with Crippen LogP contribution in [0.15, 0.2) is 97.1 Å². The minimum atomic E-state index is -1.93. The van der Waals surface area contributed by atoms with Gasteiger partial charge in [0.05, 0.1) is 21.9 Å². The Bertz CT molecular complexity index is 1920. The number of hydrogen-bond donors (Lipinski definition) is 0. The molecule has 2 saturated carbocycles. The van der Waals surface area contributed by atoms with E-state index in [9.17, 15) is 8.42 Å². The smallest absolute Gasteiger partial charge is 0.377 e. The molecular formula is C44H60B2O6P2S2. The highest BCUT2D eigenvalue weighted by Gasteiger charge is 2.52. The lowest BCUT2D eigenvalue weighted by atomic mass is 9.77. The largest absolute Gasteiger partial charge is 0.391 e. The van der Waals surface area contributed by atoms with Crippen molar-refractivity contribution in [2.45, 2.75) is 91.4 Å². The van der Waals surface area contributed by atoms with Crippen LogP contribution in [0.2, 0.25) is 0 Å². The lowest BCUT2D eigenvalue weighted by Crippen LogP contribution is -2.39. The van der Waals surface area contributed by atoms with E-state index in [0.717, 1.165) is 11.1 Å². The van der Waals surface area contributed by atoms with Crippen LogP contribution < -0.4 is 19.0 Å². The SMILES string of the molecule is [BH3-][P+]1([C@@H]2C[C@H](C)CC[C@H]2C(C)C)O[S@@](=O)Oc2ccccc2-c2ccccc21.[BH3-][P+]1([C@@H]2C[C@H](C)CC[C@H]2C(C)C)O[S@@](=O)Oc2ccccc2-c2ccccc21. The first-order valence-corrected chi connectivity index (χ1v) is 24.3. The molecule has 56 heavy (non-hydrogen) atoms. The summed E-state index contributed by atoms with van der Waals surface area (Å²) >= 11 is -3.47. The Balaban J connectivity index is 0.000000172. The molecule has 2 unspecified atom stereocenters. The minimum Gasteiger partial charge on any atom is -0.377 e. The number of rotatable bonds is 4. The fourth-order valence-corrected chi connectivity index (χ4v) is 17.2. The Hall–Kier alpha value is -2.31. The first-order valence-electron chi connectivity index (χ1n) is 19.6. The summed E-state index contributed by atoms with van der Waals surface area (Å²) in [5, 5.41) is 2.67. The average molecular weight is 833 g/mol. The molecule has 8 rings (SSSR count). The summed E-state index contributed by atoms with van der Waals surface area (Å²) in [4.78, 5) is 0. The summed E-state index contributed by atoms with van der Waals surface area (Å²) in [5.41, 5.74) is 5.55. The van der Waals surface area contributed by atoms with Gasteiger partial charge in [-0.1, -0.05) is 127 Å². The maximum absolute atomic E-state index is 13.0. The van der Waals surface area contributed by atoms with Crippen molar-refractivity contribution < 1.29 is 24.7 Å². The Morgan fingerprint density at radius 1 is 0.536 bits per heavy atom. The summed E-state index contributed by atoms with van der Waals surface area (Å²) in [6, 6.07) is 33.2. The van der Waals surface area contributed by atoms with Gasteiger partial charge < -0.3 is 8.37 Å². The molecule has 0 aromatic heterocycles. The van der Waals surface area contributed by atoms with E-state index in [2.05, 4.69) is 102 Å². The molecule has 0 bridgehead atoms. The van der Waals surface area contributed by atoms with Gasteiger partial charge in [0.25, 0.3) is 0 Å². The molecule has 300 valence electrons. The Morgan fingerprint density at radius 2 is 0.875 bits per heavy atom. The normalized spacial score (nSPS) is 32.6. The highest BCUT2D eigenvalue weighted by atomic mass is 32.2. The van der Waals surface area contributed by atoms with Gasteiger partial charge in [0.1, 0.15) is 0 Å². The highest BCUT2D eigenvalue weighted by Crippen LogP contribution is 2.69. The van der Waals surface area contributed by atoms with Crippen LogP contribution in [0.3, 0.4) is 0 Å². The van der Waals surface area contributed by atoms with Crippen LogP contribution in [-0.4, -0.2) is 34.9 Å². The zero-order valence-corrected chi connectivity index (χ0v) is 35.7. The lowest BCUT2D eigenvalue weighted by molar-refractivity contribution is 0.236. The quantitative estimate of drug-likeness (QED) is 0.151. The summed E-state index contributed by atoms with van der Waals surface area (Å²) < 4.78 is 50.6. The van der Waals surface area contributed by atoms with Crippen molar-refractivity contribution in [2.75, 3.05) is 0 Å². The lowest BCUT2D eigenvalue weighted by Gasteiger charge is -2.45. The van der Waals surface area contributed by atoms with Crippen LogP contribution in [0.1, 0.15) is 80.1 Å². The molecule has 0 amide bonds. The van der Waals surface area contributed by atoms with Gasteiger partial charge in [-0.25, -0.2) is 0 Å². The van der Waals surface area contributed by atoms with Crippen molar-refractivity contribution in [1.82, 2.24) is 0 Å². The van der Waals surface area contributed by atoms with E-state index >= 15 is 0 Å². The Kier molecular flexibility index (Phi) is 13.1. The fourth-order valence-electron chi connectivity index (χ4n) is 9.01. The standard InChI is InChI=1S/2C22H30BO3PS/c2*1-15(2)17-13-12-16(3)14-22(17)27(23)21-11-7-5-9-19(21)18-8-4-6-10-20(18)25-28(24)26-27/h2*4-11,15-17,22H,12-14H2,1-3,23H3/t2*16-,17+,22-,27?,28+/m11/s1. The first-order chi connectivity index (χ1) is 26.8. The molecule has 2 aliphatic heterocycles. The molecule has 0 spiro atoms. The van der Waals surface area contributed by atoms with Gasteiger partial charge in [-0.05, 0) is 85.5 Å². The van der Waals surface area contributed by atoms with Gasteiger partial charge in [0, 0.05) is 37.0 Å². The van der Waals surface area contributed by atoms with Crippen molar-refractivity contribution >= 4 is 63.2 Å². The van der Waals surface area contributed by atoms with E-state index in [1.807, 2.05) is 36.4 Å². The minimum absolute atomic E-state index is 0.231. The van der Waals surface area contributed by atoms with Crippen molar-refractivity contribution in [2.24, 2.45) is 35.5 Å². The third-order valence-electron chi connectivity index (χ3n) is 11.8. The van der Waals surface area contributed by atoms with Crippen molar-refractivity contribution in [1.29, 1.82) is 0 Å². The molecule has 4 aliphatic rings. The van der Waals surface area contributed by atoms with Gasteiger partial charge >= 0.3 is 22.7 Å². The van der Waals surface area contributed by atoms with Gasteiger partial charge in [0.15, 0.2) is 26.6 Å². The van der Waals surface area contributed by atoms with E-state index < -0.39 is 37.5 Å². The van der Waals surface area contributed by atoms with Crippen LogP contribution in [0, 0.1) is 35.5 Å². The van der Waals surface area contributed by atoms with Crippen LogP contribution in [0.5, 0.6) is 11.5 Å². The third kappa shape index (κ3) is 8.41. The molecule has 2 fully saturated rings. The maximum atomic E-state index is 13.0. The Labute approximate surface area is 343 Å². The number of hydrogen-bond acceptors (Lipinski definition) is 6. The van der Waals surface area contributed by atoms with E-state index in [1.165, 1.54) is 60.3 Å². The first kappa shape index (κ1) is 41.8. The molecule has 4 aromatic carbocycles. The van der Waals surface area contributed by atoms with Crippen molar-refractivity contribution in [3.05, 3.63) is 97.1 Å². The van der Waals surface area contributed by atoms with Gasteiger partial charge in [-0.3, -0.25) is 0 Å². The van der Waals surface area contributed by atoms with E-state index in [4.69, 9.17) is 16.3 Å². The number of benzene rings is 4. The predicted molar refractivity (Wildman–Crippen MR) is 247 cm³/mol. The molecular weight excluding hydrogens is 772 g/mol. The van der Waals surface area contributed by atoms with Crippen LogP contribution in [0.4, 0.5) is 0 Å². The van der Waals surface area contributed by atoms with Crippen LogP contribution in [-0.2, 0) is 30.7 Å². The summed E-state index contributed by atoms with van der Waals surface area (Å²) in [6.45, 7) is 14.1. The second kappa shape index (κ2) is 17.5. The average Bonchev–Trinajstić information content (AvgIpc) is 3.17. The topological polar surface area (TPSA) is 71.1 Å². The molecule has 6 nitrogen and oxygen atoms in total. The molecule has 2 aliphatic carbocycles. The zero-order chi connectivity index (χ0) is 39.8. The second-order valence-electron chi connectivity index (χ2n) is 16.2.